The van der Waals surface area contributed by atoms with Gasteiger partial charge in [-0.05, 0) is 44.2 Å². The smallest absolute Gasteiger partial charge is 0.0393 e. The summed E-state index contributed by atoms with van der Waals surface area (Å²) in [5.41, 5.74) is 10.3. The molecule has 0 heterocycles. The molecule has 0 aliphatic heterocycles. The largest absolute Gasteiger partial charge is 0.374 e. The predicted octanol–water partition coefficient (Wildman–Crippen LogP) is 3.26. The summed E-state index contributed by atoms with van der Waals surface area (Å²) in [6, 6.07) is 7.08. The van der Waals surface area contributed by atoms with Gasteiger partial charge in [0, 0.05) is 25.3 Å². The number of rotatable bonds is 3. The topological polar surface area (TPSA) is 29.3 Å². The molecule has 2 atom stereocenters. The fourth-order valence-corrected chi connectivity index (χ4v) is 3.15. The van der Waals surface area contributed by atoms with Crippen molar-refractivity contribution in [2.45, 2.75) is 45.6 Å². The van der Waals surface area contributed by atoms with Gasteiger partial charge in [0.1, 0.15) is 0 Å². The van der Waals surface area contributed by atoms with E-state index in [-0.39, 0.29) is 0 Å². The van der Waals surface area contributed by atoms with Crippen molar-refractivity contribution in [2.24, 2.45) is 11.7 Å². The molecular weight excluding hydrogens is 220 g/mol. The van der Waals surface area contributed by atoms with Gasteiger partial charge in [0.15, 0.2) is 0 Å². The first kappa shape index (κ1) is 13.4. The highest BCUT2D eigenvalue weighted by Crippen LogP contribution is 2.26. The third-order valence-electron chi connectivity index (χ3n) is 4.24. The first-order chi connectivity index (χ1) is 8.58. The highest BCUT2D eigenvalue weighted by atomic mass is 15.1. The van der Waals surface area contributed by atoms with Crippen molar-refractivity contribution in [3.05, 3.63) is 29.3 Å². The van der Waals surface area contributed by atoms with Crippen LogP contribution >= 0.6 is 0 Å². The van der Waals surface area contributed by atoms with E-state index < -0.39 is 0 Å². The van der Waals surface area contributed by atoms with E-state index >= 15 is 0 Å². The number of nitrogens with zero attached hydrogens (tertiary/aromatic N) is 1. The molecule has 0 radical (unpaired) electrons. The lowest BCUT2D eigenvalue weighted by molar-refractivity contribution is 0.312. The van der Waals surface area contributed by atoms with Crippen LogP contribution in [0, 0.1) is 19.8 Å². The van der Waals surface area contributed by atoms with E-state index in [0.717, 1.165) is 6.54 Å². The Morgan fingerprint density at radius 3 is 2.61 bits per heavy atom. The van der Waals surface area contributed by atoms with E-state index in [1.54, 1.807) is 0 Å². The minimum absolute atomic E-state index is 0.395. The highest BCUT2D eigenvalue weighted by Gasteiger charge is 2.23. The van der Waals surface area contributed by atoms with Crippen molar-refractivity contribution in [2.75, 3.05) is 18.5 Å². The number of benzene rings is 1. The summed E-state index contributed by atoms with van der Waals surface area (Å²) in [6.45, 7) is 5.43. The van der Waals surface area contributed by atoms with Crippen molar-refractivity contribution in [1.82, 2.24) is 0 Å². The number of aryl methyl sites for hydroxylation is 2. The van der Waals surface area contributed by atoms with Gasteiger partial charge in [0.05, 0.1) is 0 Å². The molecular formula is C16H26N2. The molecule has 100 valence electrons. The molecule has 0 saturated heterocycles. The highest BCUT2D eigenvalue weighted by molar-refractivity contribution is 5.53. The Morgan fingerprint density at radius 2 is 1.94 bits per heavy atom. The standard InChI is InChI=1S/C16H26N2/c1-12-8-9-16(13(2)10-12)18(3)11-14-6-4-5-7-15(14)17/h8-10,14-15H,4-7,11,17H2,1-3H3. The third kappa shape index (κ3) is 3.05. The average Bonchev–Trinajstić information content (AvgIpc) is 2.32. The van der Waals surface area contributed by atoms with E-state index in [2.05, 4.69) is 44.0 Å². The molecule has 1 fully saturated rings. The molecule has 2 unspecified atom stereocenters. The molecule has 0 bridgehead atoms. The second kappa shape index (κ2) is 5.75. The predicted molar refractivity (Wildman–Crippen MR) is 79.1 cm³/mol. The number of hydrogen-bond donors (Lipinski definition) is 1. The third-order valence-corrected chi connectivity index (χ3v) is 4.24. The van der Waals surface area contributed by atoms with Crippen molar-refractivity contribution >= 4 is 5.69 Å². The van der Waals surface area contributed by atoms with E-state index in [1.807, 2.05) is 0 Å². The van der Waals surface area contributed by atoms with Crippen LogP contribution < -0.4 is 10.6 Å². The second-order valence-electron chi connectivity index (χ2n) is 5.88. The van der Waals surface area contributed by atoms with Gasteiger partial charge >= 0.3 is 0 Å². The summed E-state index contributed by atoms with van der Waals surface area (Å²) in [6.07, 6.45) is 5.14. The number of anilines is 1. The van der Waals surface area contributed by atoms with Gasteiger partial charge in [-0.2, -0.15) is 0 Å². The SMILES string of the molecule is Cc1ccc(N(C)CC2CCCCC2N)c(C)c1. The van der Waals surface area contributed by atoms with Crippen molar-refractivity contribution in [3.8, 4) is 0 Å². The van der Waals surface area contributed by atoms with Gasteiger partial charge < -0.3 is 10.6 Å². The Morgan fingerprint density at radius 1 is 1.22 bits per heavy atom. The van der Waals surface area contributed by atoms with Crippen molar-refractivity contribution < 1.29 is 0 Å². The van der Waals surface area contributed by atoms with Crippen LogP contribution in [0.1, 0.15) is 36.8 Å². The maximum Gasteiger partial charge on any atom is 0.0393 e. The second-order valence-corrected chi connectivity index (χ2v) is 5.88. The maximum atomic E-state index is 6.24. The zero-order chi connectivity index (χ0) is 13.1. The van der Waals surface area contributed by atoms with Crippen LogP contribution in [-0.4, -0.2) is 19.6 Å². The van der Waals surface area contributed by atoms with Gasteiger partial charge in [0.25, 0.3) is 0 Å². The summed E-state index contributed by atoms with van der Waals surface area (Å²) in [4.78, 5) is 2.38. The zero-order valence-corrected chi connectivity index (χ0v) is 11.9. The molecule has 1 saturated carbocycles. The number of hydrogen-bond acceptors (Lipinski definition) is 2. The van der Waals surface area contributed by atoms with Gasteiger partial charge in [-0.3, -0.25) is 0 Å². The molecule has 2 rings (SSSR count). The Kier molecular flexibility index (Phi) is 4.28. The summed E-state index contributed by atoms with van der Waals surface area (Å²) in [5.74, 6) is 0.657. The summed E-state index contributed by atoms with van der Waals surface area (Å²) < 4.78 is 0. The van der Waals surface area contributed by atoms with Crippen molar-refractivity contribution in [3.63, 3.8) is 0 Å². The van der Waals surface area contributed by atoms with Crippen LogP contribution in [0.25, 0.3) is 0 Å². The average molecular weight is 246 g/mol. The molecule has 1 aromatic rings. The molecule has 0 aromatic heterocycles. The Labute approximate surface area is 111 Å². The molecule has 2 nitrogen and oxygen atoms in total. The van der Waals surface area contributed by atoms with Gasteiger partial charge in [-0.1, -0.05) is 30.5 Å². The minimum Gasteiger partial charge on any atom is -0.374 e. The fraction of sp³-hybridized carbons (Fsp3) is 0.625. The van der Waals surface area contributed by atoms with Crippen LogP contribution in [0.3, 0.4) is 0 Å². The lowest BCUT2D eigenvalue weighted by Gasteiger charge is -2.33. The van der Waals surface area contributed by atoms with Gasteiger partial charge in [-0.15, -0.1) is 0 Å². The van der Waals surface area contributed by atoms with E-state index in [9.17, 15) is 0 Å². The normalized spacial score (nSPS) is 24.0. The summed E-state index contributed by atoms with van der Waals surface area (Å²) in [7, 11) is 2.19. The quantitative estimate of drug-likeness (QED) is 0.887. The molecule has 2 N–H and O–H groups in total. The van der Waals surface area contributed by atoms with E-state index in [1.165, 1.54) is 42.5 Å². The van der Waals surface area contributed by atoms with Crippen LogP contribution in [-0.2, 0) is 0 Å². The fourth-order valence-electron chi connectivity index (χ4n) is 3.15. The summed E-state index contributed by atoms with van der Waals surface area (Å²) in [5, 5.41) is 0. The molecule has 0 amide bonds. The Hall–Kier alpha value is -1.02. The Bertz CT molecular complexity index is 400. The van der Waals surface area contributed by atoms with E-state index in [0.29, 0.717) is 12.0 Å². The Balaban J connectivity index is 2.04. The molecule has 1 aromatic carbocycles. The molecule has 1 aliphatic carbocycles. The monoisotopic (exact) mass is 246 g/mol. The minimum atomic E-state index is 0.395. The summed E-state index contributed by atoms with van der Waals surface area (Å²) >= 11 is 0. The van der Waals surface area contributed by atoms with Crippen LogP contribution in [0.2, 0.25) is 0 Å². The lowest BCUT2D eigenvalue weighted by atomic mass is 9.84. The van der Waals surface area contributed by atoms with Gasteiger partial charge in [-0.25, -0.2) is 0 Å². The molecule has 2 heteroatoms. The molecule has 0 spiro atoms. The van der Waals surface area contributed by atoms with Crippen LogP contribution in [0.15, 0.2) is 18.2 Å². The van der Waals surface area contributed by atoms with Crippen LogP contribution in [0.4, 0.5) is 5.69 Å². The van der Waals surface area contributed by atoms with Crippen molar-refractivity contribution in [1.29, 1.82) is 0 Å². The molecule has 1 aliphatic rings. The van der Waals surface area contributed by atoms with E-state index in [4.69, 9.17) is 5.73 Å². The first-order valence-corrected chi connectivity index (χ1v) is 7.12. The zero-order valence-electron chi connectivity index (χ0n) is 11.9. The van der Waals surface area contributed by atoms with Crippen LogP contribution in [0.5, 0.6) is 0 Å². The number of nitrogens with two attached hydrogens (primary N) is 1. The maximum absolute atomic E-state index is 6.24. The van der Waals surface area contributed by atoms with Gasteiger partial charge in [0.2, 0.25) is 0 Å². The lowest BCUT2D eigenvalue weighted by Crippen LogP contribution is -2.40. The first-order valence-electron chi connectivity index (χ1n) is 7.12. The molecule has 18 heavy (non-hydrogen) atoms.